The van der Waals surface area contributed by atoms with Gasteiger partial charge in [-0.1, -0.05) is 6.07 Å². The fourth-order valence-corrected chi connectivity index (χ4v) is 5.49. The van der Waals surface area contributed by atoms with Crippen LogP contribution in [0.1, 0.15) is 32.1 Å². The molecular formula is C21H28F3N3S. The van der Waals surface area contributed by atoms with E-state index in [1.54, 1.807) is 16.2 Å². The first kappa shape index (κ1) is 20.0. The molecule has 1 atom stereocenters. The van der Waals surface area contributed by atoms with Crippen molar-refractivity contribution in [2.45, 2.75) is 50.4 Å². The molecule has 7 heteroatoms. The van der Waals surface area contributed by atoms with Gasteiger partial charge in [-0.15, -0.1) is 11.3 Å². The highest BCUT2D eigenvalue weighted by atomic mass is 32.1. The average Bonchev–Trinajstić information content (AvgIpc) is 3.16. The summed E-state index contributed by atoms with van der Waals surface area (Å²) in [5, 5.41) is 2.87. The standard InChI is InChI=1S/C21H28F3N3S/c22-21(23,24)20-14-26(10-8-15-4-6-16(25)7-5-15)11-12-27(20)18-2-1-3-19-17(18)9-13-28-19/h1-3,9,13,15-16,20H,4-8,10-12,14,25H2/t15-,16-,20-/m0/s1. The second-order valence-electron chi connectivity index (χ2n) is 8.23. The first-order valence-electron chi connectivity index (χ1n) is 10.2. The van der Waals surface area contributed by atoms with Crippen molar-refractivity contribution in [3.63, 3.8) is 0 Å². The molecule has 1 aromatic heterocycles. The SMILES string of the molecule is N[C@H]1CC[C@H](CCN2CCN(c3cccc4sccc34)[C@H](C(F)(F)F)C2)CC1. The number of nitrogens with zero attached hydrogens (tertiary/aromatic N) is 2. The molecule has 2 aliphatic rings. The van der Waals surface area contributed by atoms with Crippen molar-refractivity contribution in [3.8, 4) is 0 Å². The van der Waals surface area contributed by atoms with Gasteiger partial charge in [0.1, 0.15) is 6.04 Å². The molecule has 2 aromatic rings. The van der Waals surface area contributed by atoms with E-state index in [4.69, 9.17) is 5.73 Å². The minimum absolute atomic E-state index is 0.0518. The zero-order valence-corrected chi connectivity index (χ0v) is 16.8. The molecule has 1 saturated carbocycles. The number of halogens is 3. The van der Waals surface area contributed by atoms with Crippen LogP contribution in [0.25, 0.3) is 10.1 Å². The highest BCUT2D eigenvalue weighted by Crippen LogP contribution is 2.37. The molecule has 0 spiro atoms. The number of anilines is 1. The minimum atomic E-state index is -4.24. The maximum absolute atomic E-state index is 13.9. The van der Waals surface area contributed by atoms with Gasteiger partial charge in [0.25, 0.3) is 0 Å². The molecule has 2 fully saturated rings. The van der Waals surface area contributed by atoms with Crippen LogP contribution in [0.5, 0.6) is 0 Å². The van der Waals surface area contributed by atoms with E-state index in [2.05, 4.69) is 0 Å². The lowest BCUT2D eigenvalue weighted by Crippen LogP contribution is -2.59. The number of piperazine rings is 1. The Kier molecular flexibility index (Phi) is 5.86. The molecule has 0 bridgehead atoms. The molecule has 2 heterocycles. The third-order valence-electron chi connectivity index (χ3n) is 6.37. The molecule has 28 heavy (non-hydrogen) atoms. The van der Waals surface area contributed by atoms with Gasteiger partial charge in [0.15, 0.2) is 0 Å². The lowest BCUT2D eigenvalue weighted by molar-refractivity contribution is -0.156. The largest absolute Gasteiger partial charge is 0.409 e. The molecule has 0 amide bonds. The van der Waals surface area contributed by atoms with Gasteiger partial charge in [0.2, 0.25) is 0 Å². The van der Waals surface area contributed by atoms with Crippen molar-refractivity contribution in [3.05, 3.63) is 29.6 Å². The van der Waals surface area contributed by atoms with Crippen LogP contribution in [0.4, 0.5) is 18.9 Å². The first-order valence-corrected chi connectivity index (χ1v) is 11.1. The number of nitrogens with two attached hydrogens (primary N) is 1. The van der Waals surface area contributed by atoms with Crippen LogP contribution in [0.2, 0.25) is 0 Å². The Morgan fingerprint density at radius 2 is 1.86 bits per heavy atom. The Bertz CT molecular complexity index is 783. The molecule has 1 aliphatic carbocycles. The van der Waals surface area contributed by atoms with Gasteiger partial charge in [-0.25, -0.2) is 0 Å². The van der Waals surface area contributed by atoms with E-state index in [9.17, 15) is 13.2 Å². The van der Waals surface area contributed by atoms with Crippen molar-refractivity contribution in [2.24, 2.45) is 11.7 Å². The first-order chi connectivity index (χ1) is 13.4. The number of hydrogen-bond donors (Lipinski definition) is 1. The predicted octanol–water partition coefficient (Wildman–Crippen LogP) is 4.86. The monoisotopic (exact) mass is 411 g/mol. The van der Waals surface area contributed by atoms with Gasteiger partial charge < -0.3 is 10.6 Å². The zero-order valence-electron chi connectivity index (χ0n) is 16.0. The average molecular weight is 412 g/mol. The predicted molar refractivity (Wildman–Crippen MR) is 110 cm³/mol. The highest BCUT2D eigenvalue weighted by Gasteiger charge is 2.46. The van der Waals surface area contributed by atoms with Gasteiger partial charge in [-0.3, -0.25) is 4.90 Å². The van der Waals surface area contributed by atoms with E-state index in [1.807, 2.05) is 34.5 Å². The Morgan fingerprint density at radius 1 is 1.07 bits per heavy atom. The third kappa shape index (κ3) is 4.31. The van der Waals surface area contributed by atoms with Crippen LogP contribution < -0.4 is 10.6 Å². The summed E-state index contributed by atoms with van der Waals surface area (Å²) in [6.45, 7) is 1.90. The Balaban J connectivity index is 1.45. The molecule has 1 aromatic carbocycles. The van der Waals surface area contributed by atoms with Gasteiger partial charge in [0, 0.05) is 41.4 Å². The fourth-order valence-electron chi connectivity index (χ4n) is 4.68. The molecule has 3 nitrogen and oxygen atoms in total. The molecule has 154 valence electrons. The molecule has 1 aliphatic heterocycles. The lowest BCUT2D eigenvalue weighted by atomic mass is 9.84. The number of rotatable bonds is 4. The minimum Gasteiger partial charge on any atom is -0.357 e. The number of thiophene rings is 1. The smallest absolute Gasteiger partial charge is 0.357 e. The van der Waals surface area contributed by atoms with E-state index in [0.29, 0.717) is 30.7 Å². The van der Waals surface area contributed by atoms with E-state index in [0.717, 1.165) is 48.7 Å². The van der Waals surface area contributed by atoms with Crippen molar-refractivity contribution in [1.29, 1.82) is 0 Å². The summed E-state index contributed by atoms with van der Waals surface area (Å²) >= 11 is 1.57. The van der Waals surface area contributed by atoms with Crippen LogP contribution >= 0.6 is 11.3 Å². The molecular weight excluding hydrogens is 383 g/mol. The highest BCUT2D eigenvalue weighted by molar-refractivity contribution is 7.17. The normalized spacial score (nSPS) is 27.4. The summed E-state index contributed by atoms with van der Waals surface area (Å²) in [5.74, 6) is 0.613. The molecule has 1 saturated heterocycles. The summed E-state index contributed by atoms with van der Waals surface area (Å²) < 4.78 is 42.8. The van der Waals surface area contributed by atoms with Crippen molar-refractivity contribution >= 4 is 27.1 Å². The Morgan fingerprint density at radius 3 is 2.61 bits per heavy atom. The molecule has 4 rings (SSSR count). The maximum atomic E-state index is 13.9. The number of fused-ring (bicyclic) bond motifs is 1. The number of alkyl halides is 3. The number of hydrogen-bond acceptors (Lipinski definition) is 4. The van der Waals surface area contributed by atoms with E-state index < -0.39 is 12.2 Å². The van der Waals surface area contributed by atoms with Crippen LogP contribution in [-0.2, 0) is 0 Å². The summed E-state index contributed by atoms with van der Waals surface area (Å²) in [6, 6.07) is 6.46. The Hall–Kier alpha value is -1.31. The van der Waals surface area contributed by atoms with E-state index in [-0.39, 0.29) is 6.54 Å². The number of benzene rings is 1. The molecule has 0 radical (unpaired) electrons. The van der Waals surface area contributed by atoms with E-state index >= 15 is 0 Å². The van der Waals surface area contributed by atoms with Gasteiger partial charge in [-0.2, -0.15) is 13.2 Å². The van der Waals surface area contributed by atoms with E-state index in [1.165, 1.54) is 0 Å². The van der Waals surface area contributed by atoms with Gasteiger partial charge in [0.05, 0.1) is 0 Å². The summed E-state index contributed by atoms with van der Waals surface area (Å²) in [6.07, 6.45) is 1.07. The summed E-state index contributed by atoms with van der Waals surface area (Å²) in [5.41, 5.74) is 6.67. The van der Waals surface area contributed by atoms with Crippen molar-refractivity contribution < 1.29 is 13.2 Å². The maximum Gasteiger partial charge on any atom is 0.409 e. The third-order valence-corrected chi connectivity index (χ3v) is 7.25. The molecule has 0 unspecified atom stereocenters. The Labute approximate surface area is 168 Å². The van der Waals surface area contributed by atoms with Crippen molar-refractivity contribution in [2.75, 3.05) is 31.1 Å². The topological polar surface area (TPSA) is 32.5 Å². The van der Waals surface area contributed by atoms with Gasteiger partial charge >= 0.3 is 6.18 Å². The fraction of sp³-hybridized carbons (Fsp3) is 0.619. The second-order valence-corrected chi connectivity index (χ2v) is 9.18. The quantitative estimate of drug-likeness (QED) is 0.780. The van der Waals surface area contributed by atoms with Crippen molar-refractivity contribution in [1.82, 2.24) is 4.90 Å². The van der Waals surface area contributed by atoms with Crippen LogP contribution in [0, 0.1) is 5.92 Å². The van der Waals surface area contributed by atoms with Crippen LogP contribution in [0.3, 0.4) is 0 Å². The zero-order chi connectivity index (χ0) is 19.7. The summed E-state index contributed by atoms with van der Waals surface area (Å²) in [4.78, 5) is 3.59. The molecule has 2 N–H and O–H groups in total. The second kappa shape index (κ2) is 8.20. The van der Waals surface area contributed by atoms with Gasteiger partial charge in [-0.05, 0) is 68.1 Å². The lowest BCUT2D eigenvalue weighted by Gasteiger charge is -2.44. The van der Waals surface area contributed by atoms with Crippen LogP contribution in [0.15, 0.2) is 29.6 Å². The summed E-state index contributed by atoms with van der Waals surface area (Å²) in [7, 11) is 0. The van der Waals surface area contributed by atoms with Crippen LogP contribution in [-0.4, -0.2) is 49.3 Å².